The Labute approximate surface area is 97.6 Å². The monoisotopic (exact) mass is 226 g/mol. The molecule has 1 aromatic carbocycles. The number of benzene rings is 1. The topological polar surface area (TPSA) is 25.8 Å². The third-order valence-corrected chi connectivity index (χ3v) is 3.20. The van der Waals surface area contributed by atoms with Gasteiger partial charge in [-0.05, 0) is 24.6 Å². The summed E-state index contributed by atoms with van der Waals surface area (Å²) in [4.78, 5) is 8.91. The molecule has 0 aliphatic carbocycles. The van der Waals surface area contributed by atoms with E-state index in [1.807, 2.05) is 29.1 Å². The first-order valence-corrected chi connectivity index (χ1v) is 6.04. The summed E-state index contributed by atoms with van der Waals surface area (Å²) in [7, 11) is 0. The highest BCUT2D eigenvalue weighted by atomic mass is 32.1. The fourth-order valence-electron chi connectivity index (χ4n) is 1.82. The molecule has 3 rings (SSSR count). The molecule has 0 bridgehead atoms. The van der Waals surface area contributed by atoms with Crippen LogP contribution < -0.4 is 0 Å². The quantitative estimate of drug-likeness (QED) is 0.632. The molecule has 16 heavy (non-hydrogen) atoms. The summed E-state index contributed by atoms with van der Waals surface area (Å²) in [6.07, 6.45) is 0. The van der Waals surface area contributed by atoms with E-state index in [4.69, 9.17) is 0 Å². The number of hydrogen-bond acceptors (Lipinski definition) is 3. The summed E-state index contributed by atoms with van der Waals surface area (Å²) < 4.78 is 0. The Morgan fingerprint density at radius 2 is 2.00 bits per heavy atom. The molecule has 2 nitrogen and oxygen atoms in total. The second-order valence-electron chi connectivity index (χ2n) is 3.72. The smallest absolute Gasteiger partial charge is 0.0995 e. The molecule has 0 atom stereocenters. The molecule has 0 saturated carbocycles. The molecule has 3 aromatic rings. The van der Waals surface area contributed by atoms with Gasteiger partial charge in [0.2, 0.25) is 0 Å². The van der Waals surface area contributed by atoms with E-state index in [2.05, 4.69) is 29.0 Å². The molecule has 2 aromatic heterocycles. The maximum absolute atomic E-state index is 4.62. The van der Waals surface area contributed by atoms with Crippen molar-refractivity contribution in [1.29, 1.82) is 0 Å². The lowest BCUT2D eigenvalue weighted by atomic mass is 10.1. The van der Waals surface area contributed by atoms with Gasteiger partial charge in [-0.15, -0.1) is 11.3 Å². The van der Waals surface area contributed by atoms with Crippen molar-refractivity contribution in [1.82, 2.24) is 9.97 Å². The van der Waals surface area contributed by atoms with Gasteiger partial charge in [0.05, 0.1) is 22.4 Å². The van der Waals surface area contributed by atoms with Crippen molar-refractivity contribution >= 4 is 22.2 Å². The number of pyridine rings is 1. The van der Waals surface area contributed by atoms with E-state index in [9.17, 15) is 0 Å². The van der Waals surface area contributed by atoms with Crippen LogP contribution in [-0.2, 0) is 0 Å². The number of aromatic nitrogens is 2. The Morgan fingerprint density at radius 3 is 2.81 bits per heavy atom. The predicted molar refractivity (Wildman–Crippen MR) is 67.6 cm³/mol. The van der Waals surface area contributed by atoms with E-state index >= 15 is 0 Å². The number of hydrogen-bond donors (Lipinski definition) is 0. The second-order valence-corrected chi connectivity index (χ2v) is 4.43. The minimum absolute atomic E-state index is 0.956. The first-order valence-electron chi connectivity index (χ1n) is 5.09. The molecule has 0 aliphatic heterocycles. The summed E-state index contributed by atoms with van der Waals surface area (Å²) >= 11 is 1.59. The molecule has 0 spiro atoms. The van der Waals surface area contributed by atoms with Gasteiger partial charge in [-0.25, -0.2) is 9.97 Å². The molecule has 3 heteroatoms. The van der Waals surface area contributed by atoms with Crippen LogP contribution in [0.5, 0.6) is 0 Å². The Hall–Kier alpha value is -1.74. The Bertz CT molecular complexity index is 629. The molecule has 0 unspecified atom stereocenters. The van der Waals surface area contributed by atoms with Crippen molar-refractivity contribution in [2.75, 3.05) is 0 Å². The Morgan fingerprint density at radius 1 is 1.12 bits per heavy atom. The SMILES string of the molecule is Cc1cc(-c2cscn2)nc2ccccc12. The average molecular weight is 226 g/mol. The van der Waals surface area contributed by atoms with Gasteiger partial charge in [-0.1, -0.05) is 18.2 Å². The number of rotatable bonds is 1. The molecule has 2 heterocycles. The molecule has 0 radical (unpaired) electrons. The van der Waals surface area contributed by atoms with Crippen molar-refractivity contribution in [3.63, 3.8) is 0 Å². The number of nitrogens with zero attached hydrogens (tertiary/aromatic N) is 2. The Balaban J connectivity index is 2.29. The lowest BCUT2D eigenvalue weighted by Gasteiger charge is -2.04. The predicted octanol–water partition coefficient (Wildman–Crippen LogP) is 3.67. The van der Waals surface area contributed by atoms with Gasteiger partial charge < -0.3 is 0 Å². The normalized spacial score (nSPS) is 10.8. The minimum atomic E-state index is 0.956. The van der Waals surface area contributed by atoms with Crippen molar-refractivity contribution in [2.24, 2.45) is 0 Å². The average Bonchev–Trinajstić information content (AvgIpc) is 2.82. The fourth-order valence-corrected chi connectivity index (χ4v) is 2.37. The summed E-state index contributed by atoms with van der Waals surface area (Å²) in [5.74, 6) is 0. The van der Waals surface area contributed by atoms with Crippen molar-refractivity contribution in [3.05, 3.63) is 46.8 Å². The van der Waals surface area contributed by atoms with E-state index in [-0.39, 0.29) is 0 Å². The van der Waals surface area contributed by atoms with Crippen LogP contribution in [0, 0.1) is 6.92 Å². The molecular weight excluding hydrogens is 216 g/mol. The molecule has 0 fully saturated rings. The van der Waals surface area contributed by atoms with Gasteiger partial charge in [0.15, 0.2) is 0 Å². The summed E-state index contributed by atoms with van der Waals surface area (Å²) in [6.45, 7) is 2.11. The van der Waals surface area contributed by atoms with Crippen LogP contribution in [0.3, 0.4) is 0 Å². The van der Waals surface area contributed by atoms with Crippen molar-refractivity contribution < 1.29 is 0 Å². The van der Waals surface area contributed by atoms with Crippen LogP contribution in [0.2, 0.25) is 0 Å². The van der Waals surface area contributed by atoms with Crippen LogP contribution in [0.15, 0.2) is 41.2 Å². The minimum Gasteiger partial charge on any atom is -0.246 e. The van der Waals surface area contributed by atoms with Crippen molar-refractivity contribution in [2.45, 2.75) is 6.92 Å². The van der Waals surface area contributed by atoms with Gasteiger partial charge in [0, 0.05) is 10.8 Å². The third-order valence-electron chi connectivity index (χ3n) is 2.62. The zero-order valence-electron chi connectivity index (χ0n) is 8.84. The van der Waals surface area contributed by atoms with Crippen LogP contribution in [0.4, 0.5) is 0 Å². The first-order chi connectivity index (χ1) is 7.84. The maximum Gasteiger partial charge on any atom is 0.0995 e. The van der Waals surface area contributed by atoms with Crippen molar-refractivity contribution in [3.8, 4) is 11.4 Å². The van der Waals surface area contributed by atoms with Gasteiger partial charge in [0.1, 0.15) is 0 Å². The van der Waals surface area contributed by atoms with Crippen LogP contribution >= 0.6 is 11.3 Å². The molecule has 78 valence electrons. The van der Waals surface area contributed by atoms with E-state index in [1.54, 1.807) is 11.3 Å². The molecule has 0 aliphatic rings. The highest BCUT2D eigenvalue weighted by molar-refractivity contribution is 7.07. The van der Waals surface area contributed by atoms with Crippen LogP contribution in [-0.4, -0.2) is 9.97 Å². The highest BCUT2D eigenvalue weighted by Crippen LogP contribution is 2.23. The number of aryl methyl sites for hydroxylation is 1. The zero-order valence-corrected chi connectivity index (χ0v) is 9.66. The molecule has 0 amide bonds. The van der Waals surface area contributed by atoms with Crippen LogP contribution in [0.1, 0.15) is 5.56 Å². The summed E-state index contributed by atoms with van der Waals surface area (Å²) in [6, 6.07) is 10.3. The fraction of sp³-hybridized carbons (Fsp3) is 0.0769. The summed E-state index contributed by atoms with van der Waals surface area (Å²) in [5.41, 5.74) is 6.03. The molecule has 0 N–H and O–H groups in total. The Kier molecular flexibility index (Phi) is 2.18. The standard InChI is InChI=1S/C13H10N2S/c1-9-6-12(13-7-16-8-14-13)15-11-5-3-2-4-10(9)11/h2-8H,1H3. The van der Waals surface area contributed by atoms with E-state index in [0.29, 0.717) is 0 Å². The number of fused-ring (bicyclic) bond motifs is 1. The largest absolute Gasteiger partial charge is 0.246 e. The second kappa shape index (κ2) is 3.68. The van der Waals surface area contributed by atoms with Crippen LogP contribution in [0.25, 0.3) is 22.3 Å². The number of para-hydroxylation sites is 1. The lowest BCUT2D eigenvalue weighted by Crippen LogP contribution is -1.88. The molecular formula is C13H10N2S. The van der Waals surface area contributed by atoms with Gasteiger partial charge in [-0.3, -0.25) is 0 Å². The van der Waals surface area contributed by atoms with Gasteiger partial charge in [-0.2, -0.15) is 0 Å². The zero-order chi connectivity index (χ0) is 11.0. The van der Waals surface area contributed by atoms with E-state index in [0.717, 1.165) is 16.9 Å². The van der Waals surface area contributed by atoms with Gasteiger partial charge in [0.25, 0.3) is 0 Å². The number of thiazole rings is 1. The highest BCUT2D eigenvalue weighted by Gasteiger charge is 2.05. The third kappa shape index (κ3) is 1.49. The van der Waals surface area contributed by atoms with Gasteiger partial charge >= 0.3 is 0 Å². The first kappa shape index (κ1) is 9.48. The molecule has 0 saturated heterocycles. The summed E-state index contributed by atoms with van der Waals surface area (Å²) in [5, 5.41) is 3.23. The maximum atomic E-state index is 4.62. The van der Waals surface area contributed by atoms with E-state index in [1.165, 1.54) is 10.9 Å². The lowest BCUT2D eigenvalue weighted by molar-refractivity contribution is 1.31. The van der Waals surface area contributed by atoms with E-state index < -0.39 is 0 Å².